The van der Waals surface area contributed by atoms with Gasteiger partial charge in [-0.15, -0.1) is 0 Å². The number of amides is 1. The molecule has 1 aliphatic heterocycles. The Hall–Kier alpha value is -3.30. The topological polar surface area (TPSA) is 118 Å². The van der Waals surface area contributed by atoms with Crippen LogP contribution in [0.5, 0.6) is 0 Å². The molecule has 0 aliphatic carbocycles. The van der Waals surface area contributed by atoms with Crippen molar-refractivity contribution in [3.05, 3.63) is 42.2 Å². The molecule has 0 unspecified atom stereocenters. The summed E-state index contributed by atoms with van der Waals surface area (Å²) in [7, 11) is -1.34. The van der Waals surface area contributed by atoms with Gasteiger partial charge in [-0.25, -0.2) is 14.1 Å². The largest absolute Gasteiger partial charge is 0.461 e. The Morgan fingerprint density at radius 1 is 1.26 bits per heavy atom. The minimum Gasteiger partial charge on any atom is -0.461 e. The van der Waals surface area contributed by atoms with Gasteiger partial charge in [0.2, 0.25) is 5.91 Å². The average Bonchev–Trinajstić information content (AvgIpc) is 3.32. The Morgan fingerprint density at radius 2 is 1.97 bits per heavy atom. The van der Waals surface area contributed by atoms with Crippen molar-refractivity contribution < 1.29 is 39.9 Å². The van der Waals surface area contributed by atoms with Crippen molar-refractivity contribution in [1.29, 1.82) is 0 Å². The van der Waals surface area contributed by atoms with Crippen LogP contribution in [-0.4, -0.2) is 68.6 Å². The summed E-state index contributed by atoms with van der Waals surface area (Å²) in [6.45, 7) is -1.36. The van der Waals surface area contributed by atoms with Gasteiger partial charge in [-0.2, -0.15) is 25.9 Å². The number of alkyl halides is 3. The number of ether oxygens (including phenoxy) is 1. The van der Waals surface area contributed by atoms with E-state index in [1.807, 2.05) is 4.72 Å². The molecule has 0 spiro atoms. The fourth-order valence-electron chi connectivity index (χ4n) is 4.01. The Morgan fingerprint density at radius 3 is 2.63 bits per heavy atom. The van der Waals surface area contributed by atoms with Crippen LogP contribution in [0, 0.1) is 11.7 Å². The van der Waals surface area contributed by atoms with Crippen LogP contribution in [0.4, 0.5) is 23.4 Å². The minimum absolute atomic E-state index is 0.0694. The van der Waals surface area contributed by atoms with E-state index < -0.39 is 47.2 Å². The van der Waals surface area contributed by atoms with Gasteiger partial charge in [-0.1, -0.05) is 0 Å². The number of hydrogen-bond acceptors (Lipinski definition) is 8. The Balaban J connectivity index is 1.59. The molecule has 4 rings (SSSR count). The highest BCUT2D eigenvalue weighted by atomic mass is 32.2. The molecule has 206 valence electrons. The lowest BCUT2D eigenvalue weighted by atomic mass is 9.96. The lowest BCUT2D eigenvalue weighted by Gasteiger charge is -2.33. The van der Waals surface area contributed by atoms with Crippen molar-refractivity contribution in [2.24, 2.45) is 5.92 Å². The SMILES string of the molecule is CN(C)S(=O)(=O)NC(=O)C1CCN(c2nc(COCC(F)(F)F)cnc2-c2cc(F)c3occc3c2)CC1. The van der Waals surface area contributed by atoms with Crippen LogP contribution in [0.2, 0.25) is 0 Å². The van der Waals surface area contributed by atoms with Crippen LogP contribution in [0.25, 0.3) is 22.2 Å². The first-order chi connectivity index (χ1) is 17.8. The number of hydrogen-bond donors (Lipinski definition) is 1. The van der Waals surface area contributed by atoms with Crippen molar-refractivity contribution in [2.75, 3.05) is 38.7 Å². The lowest BCUT2D eigenvalue weighted by Crippen LogP contribution is -2.46. The number of furan rings is 1. The van der Waals surface area contributed by atoms with Crippen LogP contribution in [0.15, 0.2) is 35.1 Å². The van der Waals surface area contributed by atoms with Crippen molar-refractivity contribution in [2.45, 2.75) is 25.6 Å². The van der Waals surface area contributed by atoms with Gasteiger partial charge in [0.1, 0.15) is 12.3 Å². The summed E-state index contributed by atoms with van der Waals surface area (Å²) in [6, 6.07) is 4.47. The fourth-order valence-corrected chi connectivity index (χ4v) is 4.61. The van der Waals surface area contributed by atoms with E-state index >= 15 is 0 Å². The van der Waals surface area contributed by atoms with E-state index in [4.69, 9.17) is 9.15 Å². The van der Waals surface area contributed by atoms with E-state index in [0.29, 0.717) is 10.9 Å². The minimum atomic E-state index is -4.50. The molecule has 10 nitrogen and oxygen atoms in total. The number of nitrogens with zero attached hydrogens (tertiary/aromatic N) is 4. The summed E-state index contributed by atoms with van der Waals surface area (Å²) in [4.78, 5) is 23.1. The van der Waals surface area contributed by atoms with Crippen LogP contribution in [-0.2, 0) is 26.3 Å². The number of anilines is 1. The first-order valence-electron chi connectivity index (χ1n) is 11.5. The predicted molar refractivity (Wildman–Crippen MR) is 129 cm³/mol. The maximum Gasteiger partial charge on any atom is 0.411 e. The number of aromatic nitrogens is 2. The second-order valence-electron chi connectivity index (χ2n) is 8.95. The van der Waals surface area contributed by atoms with Gasteiger partial charge in [-0.3, -0.25) is 9.78 Å². The van der Waals surface area contributed by atoms with Gasteiger partial charge in [0.05, 0.1) is 24.8 Å². The second kappa shape index (κ2) is 10.8. The predicted octanol–water partition coefficient (Wildman–Crippen LogP) is 3.25. The van der Waals surface area contributed by atoms with Gasteiger partial charge >= 0.3 is 16.4 Å². The molecule has 15 heteroatoms. The molecule has 1 saturated heterocycles. The number of nitrogens with one attached hydrogen (secondary N) is 1. The van der Waals surface area contributed by atoms with Crippen molar-refractivity contribution in [3.63, 3.8) is 0 Å². The number of benzene rings is 1. The number of carbonyl (C=O) groups is 1. The second-order valence-corrected chi connectivity index (χ2v) is 10.8. The molecule has 3 heterocycles. The van der Waals surface area contributed by atoms with Gasteiger partial charge in [0, 0.05) is 44.1 Å². The van der Waals surface area contributed by atoms with Crippen LogP contribution >= 0.6 is 0 Å². The molecule has 0 radical (unpaired) electrons. The average molecular weight is 560 g/mol. The molecular weight excluding hydrogens is 534 g/mol. The lowest BCUT2D eigenvalue weighted by molar-refractivity contribution is -0.176. The van der Waals surface area contributed by atoms with Crippen molar-refractivity contribution in [1.82, 2.24) is 19.0 Å². The van der Waals surface area contributed by atoms with E-state index in [1.54, 1.807) is 17.0 Å². The molecule has 1 N–H and O–H groups in total. The molecule has 2 aromatic heterocycles. The maximum atomic E-state index is 14.7. The molecule has 1 amide bonds. The normalized spacial score (nSPS) is 15.4. The molecule has 0 bridgehead atoms. The van der Waals surface area contributed by atoms with Gasteiger partial charge in [-0.05, 0) is 31.0 Å². The Labute approximate surface area is 215 Å². The number of piperidine rings is 1. The third kappa shape index (κ3) is 6.39. The number of halogens is 4. The molecular formula is C23H25F4N5O5S. The Bertz CT molecular complexity index is 1420. The quantitative estimate of drug-likeness (QED) is 0.418. The summed E-state index contributed by atoms with van der Waals surface area (Å²) < 4.78 is 89.0. The highest BCUT2D eigenvalue weighted by Crippen LogP contribution is 2.34. The van der Waals surface area contributed by atoms with Crippen LogP contribution < -0.4 is 9.62 Å². The van der Waals surface area contributed by atoms with E-state index in [0.717, 1.165) is 4.31 Å². The van der Waals surface area contributed by atoms with E-state index in [2.05, 4.69) is 9.97 Å². The number of fused-ring (bicyclic) bond motifs is 1. The first kappa shape index (κ1) is 27.7. The van der Waals surface area contributed by atoms with Gasteiger partial charge in [0.15, 0.2) is 17.2 Å². The molecule has 1 aliphatic rings. The molecule has 3 aromatic rings. The maximum absolute atomic E-state index is 14.7. The monoisotopic (exact) mass is 559 g/mol. The summed E-state index contributed by atoms with van der Waals surface area (Å²) in [5.74, 6) is -1.56. The molecule has 0 saturated carbocycles. The molecule has 38 heavy (non-hydrogen) atoms. The standard InChI is InChI=1S/C23H25F4N5O5S/c1-31(2)38(34,35)30-22(33)14-3-6-32(7-4-14)21-19(16-9-15-5-8-37-20(15)18(24)10-16)28-11-17(29-21)12-36-13-23(25,26)27/h5,8-11,14H,3-4,6-7,12-13H2,1-2H3,(H,30,33). The third-order valence-corrected chi connectivity index (χ3v) is 7.40. The third-order valence-electron chi connectivity index (χ3n) is 5.97. The highest BCUT2D eigenvalue weighted by molar-refractivity contribution is 7.87. The van der Waals surface area contributed by atoms with Crippen molar-refractivity contribution in [3.8, 4) is 11.3 Å². The number of rotatable bonds is 8. The summed E-state index contributed by atoms with van der Waals surface area (Å²) in [5.41, 5.74) is 0.859. The van der Waals surface area contributed by atoms with Gasteiger partial charge < -0.3 is 14.1 Å². The molecule has 0 atom stereocenters. The van der Waals surface area contributed by atoms with E-state index in [1.165, 1.54) is 32.6 Å². The van der Waals surface area contributed by atoms with Crippen molar-refractivity contribution >= 4 is 32.9 Å². The van der Waals surface area contributed by atoms with E-state index in [-0.39, 0.29) is 48.7 Å². The van der Waals surface area contributed by atoms with Crippen LogP contribution in [0.3, 0.4) is 0 Å². The smallest absolute Gasteiger partial charge is 0.411 e. The summed E-state index contributed by atoms with van der Waals surface area (Å²) in [6.07, 6.45) is -1.34. The highest BCUT2D eigenvalue weighted by Gasteiger charge is 2.31. The van der Waals surface area contributed by atoms with E-state index in [9.17, 15) is 30.8 Å². The zero-order valence-corrected chi connectivity index (χ0v) is 21.3. The first-order valence-corrected chi connectivity index (χ1v) is 12.9. The number of carbonyl (C=O) groups excluding carboxylic acids is 1. The molecule has 1 fully saturated rings. The van der Waals surface area contributed by atoms with Crippen LogP contribution in [0.1, 0.15) is 18.5 Å². The summed E-state index contributed by atoms with van der Waals surface area (Å²) >= 11 is 0. The zero-order chi connectivity index (χ0) is 27.7. The Kier molecular flexibility index (Phi) is 7.90. The van der Waals surface area contributed by atoms with Gasteiger partial charge in [0.25, 0.3) is 0 Å². The fraction of sp³-hybridized carbons (Fsp3) is 0.435. The zero-order valence-electron chi connectivity index (χ0n) is 20.5. The molecule has 1 aromatic carbocycles. The summed E-state index contributed by atoms with van der Waals surface area (Å²) in [5, 5.41) is 0.489.